The minimum absolute atomic E-state index is 0.696. The molecule has 22 heavy (non-hydrogen) atoms. The van der Waals surface area contributed by atoms with E-state index >= 15 is 0 Å². The molecule has 0 aliphatic heterocycles. The van der Waals surface area contributed by atoms with E-state index in [2.05, 4.69) is 34.2 Å². The molecule has 1 saturated carbocycles. The Kier molecular flexibility index (Phi) is 6.85. The lowest BCUT2D eigenvalue weighted by atomic mass is 10.00. The van der Waals surface area contributed by atoms with Gasteiger partial charge in [-0.05, 0) is 58.7 Å². The number of hydrogen-bond donors (Lipinski definition) is 0. The summed E-state index contributed by atoms with van der Waals surface area (Å²) in [5.41, 5.74) is 0. The Balaban J connectivity index is 1.52. The van der Waals surface area contributed by atoms with Crippen LogP contribution in [0.2, 0.25) is 0 Å². The molecule has 1 aliphatic rings. The van der Waals surface area contributed by atoms with Crippen LogP contribution in [0.4, 0.5) is 0 Å². The molecule has 0 N–H and O–H groups in total. The number of nitrogens with zero attached hydrogens (tertiary/aromatic N) is 2. The second-order valence-electron chi connectivity index (χ2n) is 5.06. The van der Waals surface area contributed by atoms with E-state index in [9.17, 15) is 0 Å². The zero-order valence-corrected chi connectivity index (χ0v) is 15.4. The van der Waals surface area contributed by atoms with Gasteiger partial charge in [-0.3, -0.25) is 0 Å². The van der Waals surface area contributed by atoms with Gasteiger partial charge in [0.25, 0.3) is 0 Å². The molecule has 2 aromatic heterocycles. The van der Waals surface area contributed by atoms with Crippen molar-refractivity contribution in [3.8, 4) is 0 Å². The molecule has 2 unspecified atom stereocenters. The van der Waals surface area contributed by atoms with Crippen LogP contribution in [0.25, 0.3) is 0 Å². The van der Waals surface area contributed by atoms with E-state index < -0.39 is 0 Å². The predicted molar refractivity (Wildman–Crippen MR) is 101 cm³/mol. The van der Waals surface area contributed by atoms with Gasteiger partial charge < -0.3 is 0 Å². The first kappa shape index (κ1) is 16.6. The van der Waals surface area contributed by atoms with Crippen molar-refractivity contribution in [1.29, 1.82) is 0 Å². The van der Waals surface area contributed by atoms with E-state index in [1.54, 1.807) is 0 Å². The van der Waals surface area contributed by atoms with Crippen LogP contribution in [0, 0.1) is 0 Å². The van der Waals surface area contributed by atoms with Crippen LogP contribution in [0.15, 0.2) is 58.8 Å². The molecule has 0 spiro atoms. The zero-order chi connectivity index (χ0) is 15.0. The lowest BCUT2D eigenvalue weighted by molar-refractivity contribution is 0.531. The molecule has 0 saturated heterocycles. The number of aromatic nitrogens is 2. The first-order valence-electron chi connectivity index (χ1n) is 7.40. The van der Waals surface area contributed by atoms with Crippen molar-refractivity contribution < 1.29 is 0 Å². The maximum Gasteiger partial charge on any atom is 0.106 e. The summed E-state index contributed by atoms with van der Waals surface area (Å²) in [5.74, 6) is 0. The highest BCUT2D eigenvalue weighted by Gasteiger charge is 2.27. The van der Waals surface area contributed by atoms with Crippen molar-refractivity contribution in [1.82, 2.24) is 9.97 Å². The first-order valence-corrected chi connectivity index (χ1v) is 11.8. The molecule has 0 radical (unpaired) electrons. The quantitative estimate of drug-likeness (QED) is 0.584. The Morgan fingerprint density at radius 3 is 1.64 bits per heavy atom. The normalized spacial score (nSPS) is 21.6. The molecule has 6 heteroatoms. The van der Waals surface area contributed by atoms with Crippen LogP contribution in [-0.4, -0.2) is 20.5 Å². The molecule has 2 aromatic rings. The summed E-state index contributed by atoms with van der Waals surface area (Å²) >= 11 is 0. The van der Waals surface area contributed by atoms with Gasteiger partial charge in [0.2, 0.25) is 0 Å². The monoisotopic (exact) mass is 366 g/mol. The third-order valence-electron chi connectivity index (χ3n) is 3.43. The Morgan fingerprint density at radius 1 is 0.727 bits per heavy atom. The maximum absolute atomic E-state index is 4.40. The fraction of sp³-hybridized carbons (Fsp3) is 0.375. The lowest BCUT2D eigenvalue weighted by Crippen LogP contribution is -2.22. The smallest absolute Gasteiger partial charge is 0.106 e. The highest BCUT2D eigenvalue weighted by atomic mass is 33.1. The maximum atomic E-state index is 4.40. The molecule has 1 fully saturated rings. The van der Waals surface area contributed by atoms with Gasteiger partial charge in [-0.25, -0.2) is 9.97 Å². The molecule has 0 amide bonds. The van der Waals surface area contributed by atoms with E-state index in [-0.39, 0.29) is 0 Å². The van der Waals surface area contributed by atoms with Gasteiger partial charge in [0.1, 0.15) is 10.1 Å². The Morgan fingerprint density at radius 2 is 1.23 bits per heavy atom. The van der Waals surface area contributed by atoms with E-state index in [0.717, 1.165) is 10.1 Å². The van der Waals surface area contributed by atoms with E-state index in [1.807, 2.05) is 67.7 Å². The molecule has 3 rings (SSSR count). The topological polar surface area (TPSA) is 25.8 Å². The van der Waals surface area contributed by atoms with Crippen molar-refractivity contribution >= 4 is 43.2 Å². The van der Waals surface area contributed by atoms with E-state index in [0.29, 0.717) is 10.5 Å². The minimum Gasteiger partial charge on any atom is -0.249 e. The summed E-state index contributed by atoms with van der Waals surface area (Å²) in [5, 5.41) is 3.61. The van der Waals surface area contributed by atoms with Crippen molar-refractivity contribution in [2.75, 3.05) is 0 Å². The number of pyridine rings is 2. The van der Waals surface area contributed by atoms with Gasteiger partial charge >= 0.3 is 0 Å². The van der Waals surface area contributed by atoms with Crippen molar-refractivity contribution in [3.05, 3.63) is 48.8 Å². The Labute approximate surface area is 147 Å². The number of hydrogen-bond acceptors (Lipinski definition) is 6. The van der Waals surface area contributed by atoms with Gasteiger partial charge in [-0.1, -0.05) is 46.6 Å². The molecule has 0 bridgehead atoms. The van der Waals surface area contributed by atoms with Crippen molar-refractivity contribution in [2.24, 2.45) is 0 Å². The molecule has 116 valence electrons. The average molecular weight is 367 g/mol. The molecular formula is C16H18N2S4. The molecule has 1 aliphatic carbocycles. The lowest BCUT2D eigenvalue weighted by Gasteiger charge is -2.29. The van der Waals surface area contributed by atoms with E-state index in [4.69, 9.17) is 0 Å². The molecule has 2 heterocycles. The van der Waals surface area contributed by atoms with Crippen molar-refractivity contribution in [3.63, 3.8) is 0 Å². The fourth-order valence-corrected chi connectivity index (χ4v) is 8.33. The van der Waals surface area contributed by atoms with Gasteiger partial charge in [-0.2, -0.15) is 0 Å². The second kappa shape index (κ2) is 9.11. The zero-order valence-electron chi connectivity index (χ0n) is 12.1. The number of rotatable bonds is 6. The summed E-state index contributed by atoms with van der Waals surface area (Å²) in [6.45, 7) is 0. The average Bonchev–Trinajstić information content (AvgIpc) is 2.61. The van der Waals surface area contributed by atoms with Crippen LogP contribution in [0.3, 0.4) is 0 Å². The van der Waals surface area contributed by atoms with Crippen molar-refractivity contribution in [2.45, 2.75) is 46.2 Å². The van der Waals surface area contributed by atoms with E-state index in [1.165, 1.54) is 25.7 Å². The summed E-state index contributed by atoms with van der Waals surface area (Å²) in [6, 6.07) is 12.2. The van der Waals surface area contributed by atoms with Gasteiger partial charge in [0, 0.05) is 22.9 Å². The van der Waals surface area contributed by atoms with Crippen LogP contribution in [0.5, 0.6) is 0 Å². The SMILES string of the molecule is c1ccc(SSC2CCCCC2SSc2ccccn2)nc1. The van der Waals surface area contributed by atoms with Gasteiger partial charge in [0.05, 0.1) is 0 Å². The van der Waals surface area contributed by atoms with Crippen LogP contribution in [-0.2, 0) is 0 Å². The standard InChI is InChI=1S/C16H18N2S4/c1-2-8-14(20-22-16-10-4-6-12-18-16)13(7-1)19-21-15-9-3-5-11-17-15/h3-6,9-14H,1-2,7-8H2. The first-order chi connectivity index (χ1) is 10.9. The third-order valence-corrected chi connectivity index (χ3v) is 9.33. The fourth-order valence-electron chi connectivity index (χ4n) is 2.30. The second-order valence-corrected chi connectivity index (χ2v) is 9.98. The summed E-state index contributed by atoms with van der Waals surface area (Å²) < 4.78 is 0. The predicted octanol–water partition coefficient (Wildman–Crippen LogP) is 5.97. The van der Waals surface area contributed by atoms with Gasteiger partial charge in [-0.15, -0.1) is 0 Å². The largest absolute Gasteiger partial charge is 0.249 e. The Bertz CT molecular complexity index is 501. The molecular weight excluding hydrogens is 348 g/mol. The molecule has 2 nitrogen and oxygen atoms in total. The summed E-state index contributed by atoms with van der Waals surface area (Å²) in [4.78, 5) is 8.80. The highest BCUT2D eigenvalue weighted by molar-refractivity contribution is 8.78. The van der Waals surface area contributed by atoms with Gasteiger partial charge in [0.15, 0.2) is 0 Å². The summed E-state index contributed by atoms with van der Waals surface area (Å²) in [6.07, 6.45) is 9.06. The molecule has 2 atom stereocenters. The summed E-state index contributed by atoms with van der Waals surface area (Å²) in [7, 11) is 7.63. The Hall–Kier alpha value is -0.300. The van der Waals surface area contributed by atoms with Crippen LogP contribution >= 0.6 is 43.2 Å². The van der Waals surface area contributed by atoms with Crippen LogP contribution in [0.1, 0.15) is 25.7 Å². The molecule has 0 aromatic carbocycles. The van der Waals surface area contributed by atoms with Crippen LogP contribution < -0.4 is 0 Å². The minimum atomic E-state index is 0.696. The highest BCUT2D eigenvalue weighted by Crippen LogP contribution is 2.47. The third kappa shape index (κ3) is 5.11.